The molecule has 1 N–H and O–H groups in total. The Morgan fingerprint density at radius 2 is 2.17 bits per heavy atom. The molecule has 1 saturated heterocycles. The summed E-state index contributed by atoms with van der Waals surface area (Å²) in [6, 6.07) is 3.59. The molecule has 0 unspecified atom stereocenters. The summed E-state index contributed by atoms with van der Waals surface area (Å²) in [5.41, 5.74) is -0.635. The van der Waals surface area contributed by atoms with Crippen LogP contribution in [0.25, 0.3) is 0 Å². The molecule has 0 atom stereocenters. The van der Waals surface area contributed by atoms with Gasteiger partial charge in [-0.2, -0.15) is 11.8 Å². The van der Waals surface area contributed by atoms with E-state index in [1.165, 1.54) is 0 Å². The van der Waals surface area contributed by atoms with Crippen molar-refractivity contribution in [1.29, 1.82) is 0 Å². The van der Waals surface area contributed by atoms with Crippen molar-refractivity contribution in [3.63, 3.8) is 0 Å². The first kappa shape index (κ1) is 13.5. The highest BCUT2D eigenvalue weighted by atomic mass is 32.2. The predicted molar refractivity (Wildman–Crippen MR) is 71.7 cm³/mol. The normalized spacial score (nSPS) is 18.9. The molecule has 1 aromatic heterocycles. The molecular formula is C13H19NO3S. The SMILES string of the molecule is CSCc1ccc(C(=O)N2CCC(C)(O)CC2)o1. The zero-order chi connectivity index (χ0) is 13.2. The van der Waals surface area contributed by atoms with Crippen molar-refractivity contribution >= 4 is 17.7 Å². The van der Waals surface area contributed by atoms with Gasteiger partial charge in [-0.25, -0.2) is 0 Å². The van der Waals surface area contributed by atoms with E-state index in [0.717, 1.165) is 11.5 Å². The Labute approximate surface area is 111 Å². The summed E-state index contributed by atoms with van der Waals surface area (Å²) < 4.78 is 5.52. The fourth-order valence-corrected chi connectivity index (χ4v) is 2.50. The largest absolute Gasteiger partial charge is 0.455 e. The van der Waals surface area contributed by atoms with E-state index in [1.807, 2.05) is 19.2 Å². The van der Waals surface area contributed by atoms with E-state index in [4.69, 9.17) is 4.42 Å². The lowest BCUT2D eigenvalue weighted by atomic mass is 9.94. The van der Waals surface area contributed by atoms with Crippen molar-refractivity contribution in [2.45, 2.75) is 31.1 Å². The molecule has 100 valence electrons. The second-order valence-electron chi connectivity index (χ2n) is 4.99. The summed E-state index contributed by atoms with van der Waals surface area (Å²) in [4.78, 5) is 13.9. The molecule has 1 aliphatic heterocycles. The van der Waals surface area contributed by atoms with Crippen molar-refractivity contribution < 1.29 is 14.3 Å². The zero-order valence-electron chi connectivity index (χ0n) is 10.8. The van der Waals surface area contributed by atoms with Crippen LogP contribution < -0.4 is 0 Å². The number of nitrogens with zero attached hydrogens (tertiary/aromatic N) is 1. The van der Waals surface area contributed by atoms with Gasteiger partial charge in [0.05, 0.1) is 11.4 Å². The number of hydrogen-bond donors (Lipinski definition) is 1. The van der Waals surface area contributed by atoms with Crippen LogP contribution in [0.1, 0.15) is 36.1 Å². The van der Waals surface area contributed by atoms with E-state index >= 15 is 0 Å². The van der Waals surface area contributed by atoms with Crippen LogP contribution in [-0.2, 0) is 5.75 Å². The fraction of sp³-hybridized carbons (Fsp3) is 0.615. The summed E-state index contributed by atoms with van der Waals surface area (Å²) >= 11 is 1.66. The number of carbonyl (C=O) groups excluding carboxylic acids is 1. The van der Waals surface area contributed by atoms with Gasteiger partial charge in [0.15, 0.2) is 5.76 Å². The van der Waals surface area contributed by atoms with E-state index in [1.54, 1.807) is 22.7 Å². The maximum atomic E-state index is 12.2. The fourth-order valence-electron chi connectivity index (χ4n) is 2.06. The summed E-state index contributed by atoms with van der Waals surface area (Å²) in [5.74, 6) is 1.94. The van der Waals surface area contributed by atoms with Crippen molar-refractivity contribution in [2.24, 2.45) is 0 Å². The third kappa shape index (κ3) is 3.09. The van der Waals surface area contributed by atoms with Crippen LogP contribution in [0.5, 0.6) is 0 Å². The number of rotatable bonds is 3. The molecule has 1 amide bonds. The molecule has 0 bridgehead atoms. The van der Waals surface area contributed by atoms with Gasteiger partial charge in [0.25, 0.3) is 5.91 Å². The van der Waals surface area contributed by atoms with Gasteiger partial charge in [-0.05, 0) is 38.2 Å². The van der Waals surface area contributed by atoms with Crippen LogP contribution in [0.3, 0.4) is 0 Å². The molecule has 2 rings (SSSR count). The molecule has 18 heavy (non-hydrogen) atoms. The number of aliphatic hydroxyl groups is 1. The highest BCUT2D eigenvalue weighted by Crippen LogP contribution is 2.23. The number of amides is 1. The summed E-state index contributed by atoms with van der Waals surface area (Å²) in [6.45, 7) is 2.99. The van der Waals surface area contributed by atoms with Gasteiger partial charge < -0.3 is 14.4 Å². The van der Waals surface area contributed by atoms with Gasteiger partial charge in [-0.1, -0.05) is 0 Å². The molecule has 0 spiro atoms. The van der Waals surface area contributed by atoms with E-state index in [9.17, 15) is 9.90 Å². The van der Waals surface area contributed by atoms with Crippen molar-refractivity contribution in [1.82, 2.24) is 4.90 Å². The molecule has 0 aliphatic carbocycles. The van der Waals surface area contributed by atoms with Crippen molar-refractivity contribution in [2.75, 3.05) is 19.3 Å². The van der Waals surface area contributed by atoms with Crippen LogP contribution in [0.4, 0.5) is 0 Å². The minimum Gasteiger partial charge on any atom is -0.455 e. The highest BCUT2D eigenvalue weighted by molar-refractivity contribution is 7.97. The lowest BCUT2D eigenvalue weighted by Gasteiger charge is -2.35. The molecule has 0 saturated carbocycles. The van der Waals surface area contributed by atoms with E-state index in [-0.39, 0.29) is 5.91 Å². The van der Waals surface area contributed by atoms with E-state index in [0.29, 0.717) is 31.7 Å². The van der Waals surface area contributed by atoms with Crippen LogP contribution in [-0.4, -0.2) is 40.9 Å². The second kappa shape index (κ2) is 5.36. The quantitative estimate of drug-likeness (QED) is 0.913. The number of piperidine rings is 1. The van der Waals surface area contributed by atoms with Crippen LogP contribution >= 0.6 is 11.8 Å². The summed E-state index contributed by atoms with van der Waals surface area (Å²) in [6.07, 6.45) is 3.24. The van der Waals surface area contributed by atoms with Crippen molar-refractivity contribution in [3.8, 4) is 0 Å². The Morgan fingerprint density at radius 3 is 2.78 bits per heavy atom. The Hall–Kier alpha value is -0.940. The van der Waals surface area contributed by atoms with Crippen LogP contribution in [0.2, 0.25) is 0 Å². The van der Waals surface area contributed by atoms with Gasteiger partial charge in [0.1, 0.15) is 5.76 Å². The molecule has 5 heteroatoms. The second-order valence-corrected chi connectivity index (χ2v) is 5.85. The number of carbonyl (C=O) groups is 1. The average Bonchev–Trinajstić information content (AvgIpc) is 2.77. The highest BCUT2D eigenvalue weighted by Gasteiger charge is 2.30. The number of furan rings is 1. The number of likely N-dealkylation sites (tertiary alicyclic amines) is 1. The van der Waals surface area contributed by atoms with Gasteiger partial charge >= 0.3 is 0 Å². The molecule has 0 aromatic carbocycles. The third-order valence-corrected chi connectivity index (χ3v) is 3.86. The summed E-state index contributed by atoms with van der Waals surface area (Å²) in [7, 11) is 0. The van der Waals surface area contributed by atoms with Crippen LogP contribution in [0, 0.1) is 0 Å². The minimum atomic E-state index is -0.635. The molecule has 1 aliphatic rings. The Kier molecular flexibility index (Phi) is 4.02. The first-order chi connectivity index (χ1) is 8.52. The van der Waals surface area contributed by atoms with Crippen molar-refractivity contribution in [3.05, 3.63) is 23.7 Å². The number of hydrogen-bond acceptors (Lipinski definition) is 4. The smallest absolute Gasteiger partial charge is 0.289 e. The first-order valence-corrected chi connectivity index (χ1v) is 7.50. The van der Waals surface area contributed by atoms with E-state index < -0.39 is 5.60 Å². The lowest BCUT2D eigenvalue weighted by Crippen LogP contribution is -2.45. The lowest BCUT2D eigenvalue weighted by molar-refractivity contribution is -0.00291. The Balaban J connectivity index is 1.98. The maximum absolute atomic E-state index is 12.2. The van der Waals surface area contributed by atoms with Crippen LogP contribution in [0.15, 0.2) is 16.5 Å². The molecule has 1 fully saturated rings. The number of thioether (sulfide) groups is 1. The standard InChI is InChI=1S/C13H19NO3S/c1-13(16)5-7-14(8-6-13)12(15)11-4-3-10(17-11)9-18-2/h3-4,16H,5-9H2,1-2H3. The molecular weight excluding hydrogens is 250 g/mol. The monoisotopic (exact) mass is 269 g/mol. The average molecular weight is 269 g/mol. The van der Waals surface area contributed by atoms with Gasteiger partial charge in [-0.15, -0.1) is 0 Å². The Morgan fingerprint density at radius 1 is 1.50 bits per heavy atom. The third-order valence-electron chi connectivity index (χ3n) is 3.29. The van der Waals surface area contributed by atoms with E-state index in [2.05, 4.69) is 0 Å². The predicted octanol–water partition coefficient (Wildman–Crippen LogP) is 2.13. The Bertz CT molecular complexity index is 418. The molecule has 0 radical (unpaired) electrons. The maximum Gasteiger partial charge on any atom is 0.289 e. The molecule has 2 heterocycles. The topological polar surface area (TPSA) is 53.7 Å². The summed E-state index contributed by atoms with van der Waals surface area (Å²) in [5, 5.41) is 9.85. The first-order valence-electron chi connectivity index (χ1n) is 6.11. The molecule has 1 aromatic rings. The van der Waals surface area contributed by atoms with Gasteiger partial charge in [0, 0.05) is 13.1 Å². The van der Waals surface area contributed by atoms with Gasteiger partial charge in [0.2, 0.25) is 0 Å². The minimum absolute atomic E-state index is 0.0714. The van der Waals surface area contributed by atoms with Gasteiger partial charge in [-0.3, -0.25) is 4.79 Å². The molecule has 4 nitrogen and oxygen atoms in total. The zero-order valence-corrected chi connectivity index (χ0v) is 11.6.